The first-order valence-corrected chi connectivity index (χ1v) is 5.77. The molecular weight excluding hydrogens is 222 g/mol. The van der Waals surface area contributed by atoms with Crippen molar-refractivity contribution < 1.29 is 9.90 Å². The summed E-state index contributed by atoms with van der Waals surface area (Å²) in [4.78, 5) is 12.2. The number of terminal acetylenes is 1. The van der Waals surface area contributed by atoms with E-state index in [9.17, 15) is 4.79 Å². The van der Waals surface area contributed by atoms with Gasteiger partial charge in [-0.05, 0) is 17.7 Å². The van der Waals surface area contributed by atoms with Crippen LogP contribution in [0.25, 0.3) is 0 Å². The minimum Gasteiger partial charge on any atom is -0.392 e. The van der Waals surface area contributed by atoms with Crippen molar-refractivity contribution in [3.63, 3.8) is 0 Å². The van der Waals surface area contributed by atoms with Gasteiger partial charge in [0, 0.05) is 4.90 Å². The molecule has 1 aromatic rings. The Morgan fingerprint density at radius 2 is 2.38 bits per heavy atom. The number of amides is 1. The van der Waals surface area contributed by atoms with E-state index in [2.05, 4.69) is 11.2 Å². The van der Waals surface area contributed by atoms with Gasteiger partial charge in [0.1, 0.15) is 0 Å². The smallest absolute Gasteiger partial charge is 0.231 e. The molecule has 0 unspecified atom stereocenters. The minimum absolute atomic E-state index is 0.0116. The third-order valence-corrected chi connectivity index (χ3v) is 2.83. The van der Waals surface area contributed by atoms with Crippen LogP contribution in [0.5, 0.6) is 0 Å². The van der Waals surface area contributed by atoms with Crippen molar-refractivity contribution >= 4 is 17.7 Å². The zero-order chi connectivity index (χ0) is 11.8. The Morgan fingerprint density at radius 1 is 1.56 bits per heavy atom. The van der Waals surface area contributed by atoms with Crippen LogP contribution in [0.2, 0.25) is 0 Å². The van der Waals surface area contributed by atoms with Crippen LogP contribution in [-0.4, -0.2) is 23.3 Å². The fourth-order valence-corrected chi connectivity index (χ4v) is 1.89. The van der Waals surface area contributed by atoms with Crippen LogP contribution >= 0.6 is 11.8 Å². The third-order valence-electron chi connectivity index (χ3n) is 1.84. The molecule has 0 atom stereocenters. The summed E-state index contributed by atoms with van der Waals surface area (Å²) in [6.07, 6.45) is 5.02. The zero-order valence-electron chi connectivity index (χ0n) is 8.77. The second-order valence-corrected chi connectivity index (χ2v) is 4.12. The molecule has 0 heterocycles. The van der Waals surface area contributed by atoms with E-state index in [-0.39, 0.29) is 19.1 Å². The van der Waals surface area contributed by atoms with Gasteiger partial charge in [-0.2, -0.15) is 0 Å². The lowest BCUT2D eigenvalue weighted by molar-refractivity contribution is -0.118. The standard InChI is InChI=1S/C12H13NO2S/c1-2-6-13-12(15)9-16-11-5-3-4-10(7-11)8-14/h1,3-5,7,14H,6,8-9H2,(H,13,15). The number of benzene rings is 1. The van der Waals surface area contributed by atoms with Gasteiger partial charge in [-0.15, -0.1) is 18.2 Å². The number of carbonyl (C=O) groups is 1. The summed E-state index contributed by atoms with van der Waals surface area (Å²) >= 11 is 1.42. The summed E-state index contributed by atoms with van der Waals surface area (Å²) in [5, 5.41) is 11.5. The van der Waals surface area contributed by atoms with Gasteiger partial charge in [0.25, 0.3) is 0 Å². The average Bonchev–Trinajstić information content (AvgIpc) is 2.34. The van der Waals surface area contributed by atoms with E-state index >= 15 is 0 Å². The lowest BCUT2D eigenvalue weighted by atomic mass is 10.2. The lowest BCUT2D eigenvalue weighted by Crippen LogP contribution is -2.25. The Morgan fingerprint density at radius 3 is 3.06 bits per heavy atom. The van der Waals surface area contributed by atoms with Crippen LogP contribution in [0, 0.1) is 12.3 Å². The first kappa shape index (κ1) is 12.6. The zero-order valence-corrected chi connectivity index (χ0v) is 9.59. The second-order valence-electron chi connectivity index (χ2n) is 3.08. The number of aliphatic hydroxyl groups excluding tert-OH is 1. The maximum absolute atomic E-state index is 11.3. The summed E-state index contributed by atoms with van der Waals surface area (Å²) in [7, 11) is 0. The Kier molecular flexibility index (Phi) is 5.48. The summed E-state index contributed by atoms with van der Waals surface area (Å²) < 4.78 is 0. The first-order valence-electron chi connectivity index (χ1n) is 4.79. The Bertz CT molecular complexity index is 398. The number of thioether (sulfide) groups is 1. The van der Waals surface area contributed by atoms with Gasteiger partial charge in [-0.1, -0.05) is 18.1 Å². The molecule has 1 amide bonds. The molecular formula is C12H13NO2S. The summed E-state index contributed by atoms with van der Waals surface area (Å²) in [6.45, 7) is 0.272. The largest absolute Gasteiger partial charge is 0.392 e. The Balaban J connectivity index is 2.42. The van der Waals surface area contributed by atoms with Gasteiger partial charge in [-0.25, -0.2) is 0 Å². The van der Waals surface area contributed by atoms with E-state index in [1.165, 1.54) is 11.8 Å². The monoisotopic (exact) mass is 235 g/mol. The Hall–Kier alpha value is -1.44. The molecule has 1 rings (SSSR count). The van der Waals surface area contributed by atoms with Gasteiger partial charge >= 0.3 is 0 Å². The first-order chi connectivity index (χ1) is 7.76. The number of aliphatic hydroxyl groups is 1. The number of hydrogen-bond acceptors (Lipinski definition) is 3. The van der Waals surface area contributed by atoms with Gasteiger partial charge in [0.2, 0.25) is 5.91 Å². The van der Waals surface area contributed by atoms with E-state index in [1.54, 1.807) is 0 Å². The van der Waals surface area contributed by atoms with Crippen LogP contribution in [0.15, 0.2) is 29.2 Å². The fraction of sp³-hybridized carbons (Fsp3) is 0.250. The van der Waals surface area contributed by atoms with Crippen molar-refractivity contribution in [2.75, 3.05) is 12.3 Å². The van der Waals surface area contributed by atoms with E-state index in [4.69, 9.17) is 11.5 Å². The highest BCUT2D eigenvalue weighted by Gasteiger charge is 2.01. The molecule has 0 aromatic heterocycles. The molecule has 2 N–H and O–H groups in total. The van der Waals surface area contributed by atoms with Crippen LogP contribution in [0.3, 0.4) is 0 Å². The maximum Gasteiger partial charge on any atom is 0.231 e. The molecule has 0 aliphatic rings. The highest BCUT2D eigenvalue weighted by atomic mass is 32.2. The van der Waals surface area contributed by atoms with E-state index in [0.717, 1.165) is 10.5 Å². The minimum atomic E-state index is -0.0858. The van der Waals surface area contributed by atoms with Gasteiger partial charge in [0.05, 0.1) is 18.9 Å². The predicted molar refractivity (Wildman–Crippen MR) is 64.9 cm³/mol. The molecule has 4 heteroatoms. The SMILES string of the molecule is C#CCNC(=O)CSc1cccc(CO)c1. The van der Waals surface area contributed by atoms with Crippen molar-refractivity contribution in [2.45, 2.75) is 11.5 Å². The van der Waals surface area contributed by atoms with Gasteiger partial charge in [0.15, 0.2) is 0 Å². The topological polar surface area (TPSA) is 49.3 Å². The van der Waals surface area contributed by atoms with Crippen molar-refractivity contribution in [1.29, 1.82) is 0 Å². The van der Waals surface area contributed by atoms with E-state index < -0.39 is 0 Å². The molecule has 0 radical (unpaired) electrons. The molecule has 0 aliphatic carbocycles. The normalized spacial score (nSPS) is 9.50. The molecule has 0 spiro atoms. The molecule has 84 valence electrons. The number of rotatable bonds is 5. The van der Waals surface area contributed by atoms with Gasteiger partial charge < -0.3 is 10.4 Å². The molecule has 0 saturated carbocycles. The van der Waals surface area contributed by atoms with E-state index in [0.29, 0.717) is 5.75 Å². The average molecular weight is 235 g/mol. The lowest BCUT2D eigenvalue weighted by Gasteiger charge is -2.03. The van der Waals surface area contributed by atoms with E-state index in [1.807, 2.05) is 24.3 Å². The quantitative estimate of drug-likeness (QED) is 0.592. The van der Waals surface area contributed by atoms with Crippen LogP contribution in [-0.2, 0) is 11.4 Å². The molecule has 0 saturated heterocycles. The van der Waals surface area contributed by atoms with Crippen molar-refractivity contribution in [3.8, 4) is 12.3 Å². The highest BCUT2D eigenvalue weighted by Crippen LogP contribution is 2.18. The second kappa shape index (κ2) is 6.94. The number of nitrogens with one attached hydrogen (secondary N) is 1. The maximum atomic E-state index is 11.3. The molecule has 0 aliphatic heterocycles. The molecule has 3 nitrogen and oxygen atoms in total. The molecule has 1 aromatic carbocycles. The summed E-state index contributed by atoms with van der Waals surface area (Å²) in [5.74, 6) is 2.58. The predicted octanol–water partition coefficient (Wildman–Crippen LogP) is 1.02. The molecule has 0 fully saturated rings. The number of hydrogen-bond donors (Lipinski definition) is 2. The summed E-state index contributed by atoms with van der Waals surface area (Å²) in [5.41, 5.74) is 0.842. The summed E-state index contributed by atoms with van der Waals surface area (Å²) in [6, 6.07) is 7.45. The van der Waals surface area contributed by atoms with Gasteiger partial charge in [-0.3, -0.25) is 4.79 Å². The van der Waals surface area contributed by atoms with Crippen molar-refractivity contribution in [3.05, 3.63) is 29.8 Å². The highest BCUT2D eigenvalue weighted by molar-refractivity contribution is 8.00. The number of carbonyl (C=O) groups excluding carboxylic acids is 1. The van der Waals surface area contributed by atoms with Crippen LogP contribution in [0.4, 0.5) is 0 Å². The molecule has 0 bridgehead atoms. The fourth-order valence-electron chi connectivity index (χ4n) is 1.08. The van der Waals surface area contributed by atoms with Crippen molar-refractivity contribution in [1.82, 2.24) is 5.32 Å². The third kappa shape index (κ3) is 4.39. The van der Waals surface area contributed by atoms with Crippen LogP contribution < -0.4 is 5.32 Å². The Labute approximate surface area is 99.2 Å². The van der Waals surface area contributed by atoms with Crippen molar-refractivity contribution in [2.24, 2.45) is 0 Å². The molecule has 16 heavy (non-hydrogen) atoms. The van der Waals surface area contributed by atoms with Crippen LogP contribution in [0.1, 0.15) is 5.56 Å².